The van der Waals surface area contributed by atoms with E-state index in [4.69, 9.17) is 9.47 Å². The van der Waals surface area contributed by atoms with Crippen LogP contribution in [0.4, 0.5) is 0 Å². The van der Waals surface area contributed by atoms with Crippen molar-refractivity contribution in [1.82, 2.24) is 9.55 Å². The van der Waals surface area contributed by atoms with Crippen LogP contribution in [0.2, 0.25) is 0 Å². The van der Waals surface area contributed by atoms with Crippen LogP contribution in [0.1, 0.15) is 156 Å². The molecule has 1 aromatic carbocycles. The first-order valence-corrected chi connectivity index (χ1v) is 18.8. The number of hydrogen-bond acceptors (Lipinski definition) is 6. The van der Waals surface area contributed by atoms with Crippen LogP contribution in [0.15, 0.2) is 49.1 Å². The van der Waals surface area contributed by atoms with Gasteiger partial charge in [-0.25, -0.2) is 4.98 Å². The molecule has 0 radical (unpaired) electrons. The van der Waals surface area contributed by atoms with Crippen molar-refractivity contribution < 1.29 is 24.2 Å². The molecule has 2 aromatic rings. The Bertz CT molecular complexity index is 1350. The van der Waals surface area contributed by atoms with Gasteiger partial charge in [0.2, 0.25) is 0 Å². The van der Waals surface area contributed by atoms with Crippen molar-refractivity contribution in [2.45, 2.75) is 167 Å². The van der Waals surface area contributed by atoms with Crippen molar-refractivity contribution in [2.75, 3.05) is 0 Å². The molecule has 7 nitrogen and oxygen atoms in total. The molecule has 4 aliphatic carbocycles. The molecule has 1 N–H and O–H groups in total. The van der Waals surface area contributed by atoms with E-state index in [1.807, 2.05) is 45.6 Å². The third-order valence-electron chi connectivity index (χ3n) is 12.3. The van der Waals surface area contributed by atoms with Crippen LogP contribution < -0.4 is 0 Å². The predicted octanol–water partition coefficient (Wildman–Crippen LogP) is 9.35. The normalized spacial score (nSPS) is 28.7. The van der Waals surface area contributed by atoms with Gasteiger partial charge in [0, 0.05) is 24.9 Å². The van der Waals surface area contributed by atoms with Crippen LogP contribution in [0.25, 0.3) is 0 Å². The predicted molar refractivity (Wildman–Crippen MR) is 189 cm³/mol. The lowest BCUT2D eigenvalue weighted by atomic mass is 9.52. The van der Waals surface area contributed by atoms with Gasteiger partial charge in [-0.1, -0.05) is 44.2 Å². The molecule has 4 fully saturated rings. The van der Waals surface area contributed by atoms with Gasteiger partial charge in [-0.2, -0.15) is 0 Å². The van der Waals surface area contributed by atoms with Crippen LogP contribution in [0.5, 0.6) is 0 Å². The van der Waals surface area contributed by atoms with E-state index in [0.717, 1.165) is 64.2 Å². The molecule has 6 atom stereocenters. The standard InChI is InChI=1S/C41H62N2O5/c1-8-34(43-22-21-42-29-43)17-20-39(7,36(45)47-37(3,4)5)19-16-33(32-13-11-10-12-14-32)15-18-38(6,9-2)35(44)48-41-26-30-23-31(27-41)25-40(46,24-30)28-41/h10-14,21-22,29-31,33-34,46H,8-9,15-20,23-28H2,1-7H3. The number of carbonyl (C=O) groups is 2. The number of hydrogen-bond donors (Lipinski definition) is 1. The third-order valence-corrected chi connectivity index (χ3v) is 12.3. The minimum atomic E-state index is -0.665. The van der Waals surface area contributed by atoms with Gasteiger partial charge in [0.25, 0.3) is 0 Å². The zero-order chi connectivity index (χ0) is 34.8. The second-order valence-corrected chi connectivity index (χ2v) is 17.5. The largest absolute Gasteiger partial charge is 0.460 e. The van der Waals surface area contributed by atoms with Gasteiger partial charge in [-0.15, -0.1) is 0 Å². The van der Waals surface area contributed by atoms with E-state index in [1.165, 1.54) is 5.56 Å². The zero-order valence-electron chi connectivity index (χ0n) is 30.8. The Morgan fingerprint density at radius 1 is 0.917 bits per heavy atom. The van der Waals surface area contributed by atoms with Crippen molar-refractivity contribution in [2.24, 2.45) is 22.7 Å². The van der Waals surface area contributed by atoms with Crippen molar-refractivity contribution in [3.8, 4) is 0 Å². The maximum absolute atomic E-state index is 14.1. The van der Waals surface area contributed by atoms with E-state index in [0.29, 0.717) is 37.5 Å². The summed E-state index contributed by atoms with van der Waals surface area (Å²) in [5, 5.41) is 11.3. The zero-order valence-corrected chi connectivity index (χ0v) is 30.8. The molecule has 4 bridgehead atoms. The molecular weight excluding hydrogens is 600 g/mol. The molecule has 48 heavy (non-hydrogen) atoms. The van der Waals surface area contributed by atoms with Crippen LogP contribution in [-0.2, 0) is 19.1 Å². The maximum atomic E-state index is 14.1. The van der Waals surface area contributed by atoms with Gasteiger partial charge in [0.15, 0.2) is 0 Å². The summed E-state index contributed by atoms with van der Waals surface area (Å²) >= 11 is 0. The molecule has 7 heteroatoms. The van der Waals surface area contributed by atoms with E-state index in [2.05, 4.69) is 61.5 Å². The highest BCUT2D eigenvalue weighted by atomic mass is 16.6. The van der Waals surface area contributed by atoms with E-state index in [9.17, 15) is 14.7 Å². The lowest BCUT2D eigenvalue weighted by Crippen LogP contribution is -2.61. The van der Waals surface area contributed by atoms with E-state index in [-0.39, 0.29) is 23.9 Å². The first kappa shape index (κ1) is 36.6. The second-order valence-electron chi connectivity index (χ2n) is 17.5. The van der Waals surface area contributed by atoms with E-state index >= 15 is 0 Å². The van der Waals surface area contributed by atoms with Gasteiger partial charge >= 0.3 is 11.9 Å². The Hall–Kier alpha value is -2.67. The summed E-state index contributed by atoms with van der Waals surface area (Å²) in [7, 11) is 0. The Morgan fingerprint density at radius 2 is 1.54 bits per heavy atom. The summed E-state index contributed by atoms with van der Waals surface area (Å²) in [5.41, 5.74) is -1.77. The fourth-order valence-corrected chi connectivity index (χ4v) is 9.45. The van der Waals surface area contributed by atoms with Crippen molar-refractivity contribution in [1.29, 1.82) is 0 Å². The molecule has 6 rings (SSSR count). The highest BCUT2D eigenvalue weighted by Crippen LogP contribution is 2.59. The average molecular weight is 663 g/mol. The number of ether oxygens (including phenoxy) is 2. The Kier molecular flexibility index (Phi) is 10.9. The summed E-state index contributed by atoms with van der Waals surface area (Å²) in [5.74, 6) is 0.868. The molecule has 1 heterocycles. The molecule has 0 aliphatic heterocycles. The highest BCUT2D eigenvalue weighted by Gasteiger charge is 2.59. The number of carbonyl (C=O) groups excluding carboxylic acids is 2. The number of esters is 2. The summed E-state index contributed by atoms with van der Waals surface area (Å²) < 4.78 is 14.7. The van der Waals surface area contributed by atoms with E-state index < -0.39 is 27.6 Å². The summed E-state index contributed by atoms with van der Waals surface area (Å²) in [6, 6.07) is 10.8. The summed E-state index contributed by atoms with van der Waals surface area (Å²) in [4.78, 5) is 32.2. The SMILES string of the molecule is CCC(CCC(C)(CCC(CCC(C)(CC)C(=O)OC12CC3CC(CC(O)(C3)C1)C2)c1ccccc1)C(=O)OC(C)(C)C)n1ccnc1. The minimum Gasteiger partial charge on any atom is -0.460 e. The average Bonchev–Trinajstić information content (AvgIpc) is 3.54. The summed E-state index contributed by atoms with van der Waals surface area (Å²) in [6.07, 6.45) is 17.2. The molecular formula is C41H62N2O5. The van der Waals surface area contributed by atoms with Crippen LogP contribution in [0.3, 0.4) is 0 Å². The van der Waals surface area contributed by atoms with Crippen molar-refractivity contribution >= 4 is 11.9 Å². The highest BCUT2D eigenvalue weighted by molar-refractivity contribution is 5.77. The molecule has 0 amide bonds. The lowest BCUT2D eigenvalue weighted by molar-refractivity contribution is -0.226. The van der Waals surface area contributed by atoms with Gasteiger partial charge in [-0.3, -0.25) is 9.59 Å². The first-order valence-electron chi connectivity index (χ1n) is 18.8. The van der Waals surface area contributed by atoms with E-state index in [1.54, 1.807) is 0 Å². The Balaban J connectivity index is 1.30. The maximum Gasteiger partial charge on any atom is 0.312 e. The number of aromatic nitrogens is 2. The Labute approximate surface area is 289 Å². The van der Waals surface area contributed by atoms with Gasteiger partial charge in [-0.05, 0) is 141 Å². The van der Waals surface area contributed by atoms with Gasteiger partial charge in [0.1, 0.15) is 11.2 Å². The fraction of sp³-hybridized carbons (Fsp3) is 0.732. The van der Waals surface area contributed by atoms with Gasteiger partial charge in [0.05, 0.1) is 22.8 Å². The lowest BCUT2D eigenvalue weighted by Gasteiger charge is -2.59. The van der Waals surface area contributed by atoms with Crippen molar-refractivity contribution in [3.05, 3.63) is 54.6 Å². The molecule has 0 saturated heterocycles. The molecule has 4 aliphatic rings. The molecule has 266 valence electrons. The summed E-state index contributed by atoms with van der Waals surface area (Å²) in [6.45, 7) is 14.2. The molecule has 4 saturated carbocycles. The first-order chi connectivity index (χ1) is 22.6. The van der Waals surface area contributed by atoms with Crippen LogP contribution >= 0.6 is 0 Å². The quantitative estimate of drug-likeness (QED) is 0.180. The van der Waals surface area contributed by atoms with Gasteiger partial charge < -0.3 is 19.1 Å². The number of nitrogens with zero attached hydrogens (tertiary/aromatic N) is 2. The topological polar surface area (TPSA) is 90.6 Å². The fourth-order valence-electron chi connectivity index (χ4n) is 9.45. The second kappa shape index (κ2) is 14.3. The van der Waals surface area contributed by atoms with Crippen LogP contribution in [0, 0.1) is 22.7 Å². The molecule has 6 unspecified atom stereocenters. The Morgan fingerprint density at radius 3 is 2.08 bits per heavy atom. The smallest absolute Gasteiger partial charge is 0.312 e. The van der Waals surface area contributed by atoms with Crippen molar-refractivity contribution in [3.63, 3.8) is 0 Å². The number of benzene rings is 1. The number of aliphatic hydroxyl groups is 1. The minimum absolute atomic E-state index is 0.105. The number of rotatable bonds is 16. The molecule has 1 aromatic heterocycles. The molecule has 0 spiro atoms. The third kappa shape index (κ3) is 8.54. The monoisotopic (exact) mass is 662 g/mol. The van der Waals surface area contributed by atoms with Crippen LogP contribution in [-0.4, -0.2) is 43.4 Å². The number of imidazole rings is 1.